The minimum absolute atomic E-state index is 0.235. The van der Waals surface area contributed by atoms with Crippen LogP contribution in [-0.4, -0.2) is 35.8 Å². The van der Waals surface area contributed by atoms with Gasteiger partial charge in [-0.15, -0.1) is 0 Å². The molecule has 0 aromatic carbocycles. The molecule has 6 heteroatoms. The molecule has 104 valence electrons. The molecule has 0 spiro atoms. The maximum absolute atomic E-state index is 5.63. The summed E-state index contributed by atoms with van der Waals surface area (Å²) in [5.41, 5.74) is 2.64. The topological polar surface area (TPSA) is 76.3 Å². The van der Waals surface area contributed by atoms with E-state index in [9.17, 15) is 0 Å². The van der Waals surface area contributed by atoms with Crippen LogP contribution >= 0.6 is 0 Å². The number of anilines is 2. The smallest absolute Gasteiger partial charge is 0.145 e. The van der Waals surface area contributed by atoms with Gasteiger partial charge in [-0.3, -0.25) is 0 Å². The number of rotatable bonds is 4. The van der Waals surface area contributed by atoms with Crippen LogP contribution in [0.3, 0.4) is 0 Å². The van der Waals surface area contributed by atoms with Crippen LogP contribution in [0.15, 0.2) is 6.07 Å². The quantitative estimate of drug-likeness (QED) is 0.629. The van der Waals surface area contributed by atoms with Gasteiger partial charge in [-0.25, -0.2) is 15.8 Å². The van der Waals surface area contributed by atoms with Crippen molar-refractivity contribution in [1.29, 1.82) is 0 Å². The molecule has 2 fully saturated rings. The first-order chi connectivity index (χ1) is 9.19. The number of hydrogen-bond donors (Lipinski definition) is 2. The molecule has 1 aromatic rings. The molecule has 1 aliphatic heterocycles. The normalized spacial score (nSPS) is 26.5. The molecule has 1 saturated heterocycles. The summed E-state index contributed by atoms with van der Waals surface area (Å²) < 4.78 is 5.63. The average molecular weight is 263 g/mol. The Bertz CT molecular complexity index is 462. The van der Waals surface area contributed by atoms with Crippen molar-refractivity contribution in [2.75, 3.05) is 24.0 Å². The molecule has 19 heavy (non-hydrogen) atoms. The Labute approximate surface area is 113 Å². The predicted octanol–water partition coefficient (Wildman–Crippen LogP) is 1.25. The molecule has 1 aromatic heterocycles. The van der Waals surface area contributed by atoms with Crippen molar-refractivity contribution in [2.24, 2.45) is 5.84 Å². The second-order valence-electron chi connectivity index (χ2n) is 5.43. The number of hydrazine groups is 1. The number of likely N-dealkylation sites (N-methyl/N-ethyl adjacent to an activating group) is 1. The zero-order chi connectivity index (χ0) is 13.4. The first kappa shape index (κ1) is 12.6. The maximum Gasteiger partial charge on any atom is 0.145 e. The molecule has 0 bridgehead atoms. The number of ether oxygens (including phenoxy) is 1. The molecule has 2 unspecified atom stereocenters. The Morgan fingerprint density at radius 1 is 1.37 bits per heavy atom. The van der Waals surface area contributed by atoms with Crippen molar-refractivity contribution in [1.82, 2.24) is 9.97 Å². The summed E-state index contributed by atoms with van der Waals surface area (Å²) in [6.07, 6.45) is 3.63. The van der Waals surface area contributed by atoms with Crippen molar-refractivity contribution >= 4 is 11.6 Å². The summed E-state index contributed by atoms with van der Waals surface area (Å²) >= 11 is 0. The van der Waals surface area contributed by atoms with Gasteiger partial charge in [0, 0.05) is 25.6 Å². The van der Waals surface area contributed by atoms with Crippen LogP contribution in [0.1, 0.15) is 37.9 Å². The Morgan fingerprint density at radius 2 is 2.16 bits per heavy atom. The van der Waals surface area contributed by atoms with Crippen molar-refractivity contribution in [3.8, 4) is 0 Å². The Balaban J connectivity index is 1.87. The molecular formula is C13H21N5O. The second kappa shape index (κ2) is 4.94. The molecule has 0 radical (unpaired) electrons. The third-order valence-corrected chi connectivity index (χ3v) is 4.02. The van der Waals surface area contributed by atoms with Crippen LogP contribution in [0, 0.1) is 0 Å². The number of nitrogen functional groups attached to an aromatic ring is 1. The van der Waals surface area contributed by atoms with E-state index in [4.69, 9.17) is 10.6 Å². The monoisotopic (exact) mass is 263 g/mol. The minimum Gasteiger partial charge on any atom is -0.376 e. The lowest BCUT2D eigenvalue weighted by Crippen LogP contribution is -2.37. The summed E-state index contributed by atoms with van der Waals surface area (Å²) in [5.74, 6) is 8.53. The molecule has 2 aliphatic rings. The first-order valence-corrected chi connectivity index (χ1v) is 6.89. The highest BCUT2D eigenvalue weighted by molar-refractivity contribution is 5.50. The van der Waals surface area contributed by atoms with Gasteiger partial charge >= 0.3 is 0 Å². The number of nitrogens with zero attached hydrogens (tertiary/aromatic N) is 3. The van der Waals surface area contributed by atoms with Gasteiger partial charge in [0.1, 0.15) is 17.5 Å². The van der Waals surface area contributed by atoms with Crippen LogP contribution in [0.4, 0.5) is 11.6 Å². The van der Waals surface area contributed by atoms with Crippen molar-refractivity contribution in [2.45, 2.75) is 44.2 Å². The lowest BCUT2D eigenvalue weighted by molar-refractivity contribution is 0.118. The van der Waals surface area contributed by atoms with Gasteiger partial charge in [0.2, 0.25) is 0 Å². The van der Waals surface area contributed by atoms with Gasteiger partial charge in [-0.2, -0.15) is 0 Å². The molecule has 1 saturated carbocycles. The fourth-order valence-corrected chi connectivity index (χ4v) is 2.63. The van der Waals surface area contributed by atoms with E-state index in [2.05, 4.69) is 34.3 Å². The van der Waals surface area contributed by atoms with E-state index in [-0.39, 0.29) is 6.10 Å². The summed E-state index contributed by atoms with van der Waals surface area (Å²) in [5, 5.41) is 0. The van der Waals surface area contributed by atoms with E-state index < -0.39 is 0 Å². The van der Waals surface area contributed by atoms with Crippen LogP contribution in [-0.2, 0) is 4.74 Å². The molecule has 1 aliphatic carbocycles. The molecule has 0 amide bonds. The standard InChI is InChI=1S/C13H21N5O/c1-8-10(5-6-19-8)18(2)12-7-11(17-14)15-13(16-12)9-3-4-9/h7-10H,3-6,14H2,1-2H3,(H,15,16,17). The number of hydrogen-bond acceptors (Lipinski definition) is 6. The number of aromatic nitrogens is 2. The Morgan fingerprint density at radius 3 is 2.74 bits per heavy atom. The van der Waals surface area contributed by atoms with Gasteiger partial charge in [0.25, 0.3) is 0 Å². The van der Waals surface area contributed by atoms with Crippen LogP contribution in [0.5, 0.6) is 0 Å². The lowest BCUT2D eigenvalue weighted by atomic mass is 10.1. The van der Waals surface area contributed by atoms with E-state index in [0.29, 0.717) is 17.8 Å². The Hall–Kier alpha value is -1.40. The molecule has 6 nitrogen and oxygen atoms in total. The van der Waals surface area contributed by atoms with E-state index in [1.807, 2.05) is 6.07 Å². The van der Waals surface area contributed by atoms with Gasteiger partial charge in [-0.05, 0) is 26.2 Å². The highest BCUT2D eigenvalue weighted by atomic mass is 16.5. The predicted molar refractivity (Wildman–Crippen MR) is 74.0 cm³/mol. The van der Waals surface area contributed by atoms with E-state index in [0.717, 1.165) is 24.7 Å². The molecule has 2 atom stereocenters. The first-order valence-electron chi connectivity index (χ1n) is 6.89. The molecule has 2 heterocycles. The SMILES string of the molecule is CC1OCCC1N(C)c1cc(NN)nc(C2CC2)n1. The third kappa shape index (κ3) is 2.50. The summed E-state index contributed by atoms with van der Waals surface area (Å²) in [4.78, 5) is 11.3. The van der Waals surface area contributed by atoms with Crippen LogP contribution in [0.25, 0.3) is 0 Å². The van der Waals surface area contributed by atoms with Gasteiger partial charge in [-0.1, -0.05) is 0 Å². The van der Waals surface area contributed by atoms with Crippen molar-refractivity contribution < 1.29 is 4.74 Å². The fraction of sp³-hybridized carbons (Fsp3) is 0.692. The molecular weight excluding hydrogens is 242 g/mol. The van der Waals surface area contributed by atoms with E-state index >= 15 is 0 Å². The summed E-state index contributed by atoms with van der Waals surface area (Å²) in [6.45, 7) is 2.93. The largest absolute Gasteiger partial charge is 0.376 e. The highest BCUT2D eigenvalue weighted by Crippen LogP contribution is 2.39. The molecule has 3 rings (SSSR count). The van der Waals surface area contributed by atoms with Gasteiger partial charge in [0.15, 0.2) is 0 Å². The lowest BCUT2D eigenvalue weighted by Gasteiger charge is -2.28. The van der Waals surface area contributed by atoms with E-state index in [1.165, 1.54) is 12.8 Å². The second-order valence-corrected chi connectivity index (χ2v) is 5.43. The maximum atomic E-state index is 5.63. The van der Waals surface area contributed by atoms with E-state index in [1.54, 1.807) is 0 Å². The van der Waals surface area contributed by atoms with Crippen LogP contribution in [0.2, 0.25) is 0 Å². The molecule has 3 N–H and O–H groups in total. The minimum atomic E-state index is 0.235. The number of nitrogens with one attached hydrogen (secondary N) is 1. The third-order valence-electron chi connectivity index (χ3n) is 4.02. The van der Waals surface area contributed by atoms with Gasteiger partial charge < -0.3 is 15.1 Å². The summed E-state index contributed by atoms with van der Waals surface area (Å²) in [7, 11) is 2.06. The average Bonchev–Trinajstić information content (AvgIpc) is 3.20. The highest BCUT2D eigenvalue weighted by Gasteiger charge is 2.31. The van der Waals surface area contributed by atoms with Crippen molar-refractivity contribution in [3.63, 3.8) is 0 Å². The Kier molecular flexibility index (Phi) is 3.28. The zero-order valence-electron chi connectivity index (χ0n) is 11.5. The number of nitrogens with two attached hydrogens (primary N) is 1. The zero-order valence-corrected chi connectivity index (χ0v) is 11.5. The van der Waals surface area contributed by atoms with Crippen molar-refractivity contribution in [3.05, 3.63) is 11.9 Å². The van der Waals surface area contributed by atoms with Gasteiger partial charge in [0.05, 0.1) is 12.1 Å². The van der Waals surface area contributed by atoms with Crippen LogP contribution < -0.4 is 16.2 Å². The fourth-order valence-electron chi connectivity index (χ4n) is 2.63. The summed E-state index contributed by atoms with van der Waals surface area (Å²) in [6, 6.07) is 2.27.